The van der Waals surface area contributed by atoms with Crippen molar-refractivity contribution in [1.82, 2.24) is 9.97 Å². The van der Waals surface area contributed by atoms with Gasteiger partial charge in [0.15, 0.2) is 0 Å². The molecule has 1 heterocycles. The molecule has 1 aliphatic carbocycles. The van der Waals surface area contributed by atoms with Gasteiger partial charge in [-0.05, 0) is 42.9 Å². The Balaban J connectivity index is 1.62. The second kappa shape index (κ2) is 8.07. The number of nitrogens with one attached hydrogen (secondary N) is 1. The number of nitrogens with zero attached hydrogens (tertiary/aromatic N) is 2. The van der Waals surface area contributed by atoms with E-state index in [2.05, 4.69) is 34.6 Å². The standard InChI is InChI=1S/C22H23ClN4/c23-20-14-25-22(26-19-11-5-10-18(24)13-19)27-21(20)17-9-4-8-16(12-17)15-6-2-1-3-7-15/h1-4,6-9,12,14,18-19H,5,10-11,13,24H2,(H,25,26,27)/t18-,19+/m0/s1. The van der Waals surface area contributed by atoms with Crippen LogP contribution in [-0.4, -0.2) is 22.1 Å². The monoisotopic (exact) mass is 378 g/mol. The van der Waals surface area contributed by atoms with Crippen LogP contribution in [0.1, 0.15) is 25.7 Å². The third-order valence-corrected chi connectivity index (χ3v) is 5.31. The summed E-state index contributed by atoms with van der Waals surface area (Å²) in [5.41, 5.74) is 10.1. The summed E-state index contributed by atoms with van der Waals surface area (Å²) in [5.74, 6) is 0.610. The molecule has 0 spiro atoms. The van der Waals surface area contributed by atoms with Gasteiger partial charge in [-0.15, -0.1) is 0 Å². The molecule has 0 bridgehead atoms. The van der Waals surface area contributed by atoms with E-state index in [9.17, 15) is 0 Å². The van der Waals surface area contributed by atoms with Gasteiger partial charge in [0.1, 0.15) is 0 Å². The predicted molar refractivity (Wildman–Crippen MR) is 112 cm³/mol. The van der Waals surface area contributed by atoms with Crippen LogP contribution in [0.5, 0.6) is 0 Å². The van der Waals surface area contributed by atoms with Crippen LogP contribution >= 0.6 is 11.6 Å². The Morgan fingerprint density at radius 3 is 2.56 bits per heavy atom. The minimum absolute atomic E-state index is 0.255. The Morgan fingerprint density at radius 2 is 1.74 bits per heavy atom. The smallest absolute Gasteiger partial charge is 0.223 e. The zero-order chi connectivity index (χ0) is 18.6. The van der Waals surface area contributed by atoms with Gasteiger partial charge in [-0.1, -0.05) is 60.1 Å². The topological polar surface area (TPSA) is 63.8 Å². The minimum Gasteiger partial charge on any atom is -0.351 e. The van der Waals surface area contributed by atoms with Gasteiger partial charge in [0.2, 0.25) is 5.95 Å². The van der Waals surface area contributed by atoms with Crippen molar-refractivity contribution in [2.45, 2.75) is 37.8 Å². The first-order valence-electron chi connectivity index (χ1n) is 9.39. The molecule has 4 nitrogen and oxygen atoms in total. The van der Waals surface area contributed by atoms with Gasteiger partial charge >= 0.3 is 0 Å². The van der Waals surface area contributed by atoms with Crippen molar-refractivity contribution < 1.29 is 0 Å². The normalized spacial score (nSPS) is 19.6. The molecule has 3 aromatic rings. The lowest BCUT2D eigenvalue weighted by molar-refractivity contribution is 0.408. The summed E-state index contributed by atoms with van der Waals surface area (Å²) in [6, 6.07) is 19.1. The minimum atomic E-state index is 0.255. The molecule has 0 saturated heterocycles. The van der Waals surface area contributed by atoms with Gasteiger partial charge in [0, 0.05) is 17.6 Å². The summed E-state index contributed by atoms with van der Waals surface area (Å²) in [6.45, 7) is 0. The molecule has 0 aliphatic heterocycles. The lowest BCUT2D eigenvalue weighted by Crippen LogP contribution is -2.35. The van der Waals surface area contributed by atoms with E-state index >= 15 is 0 Å². The molecule has 27 heavy (non-hydrogen) atoms. The number of nitrogens with two attached hydrogens (primary N) is 1. The van der Waals surface area contributed by atoms with Crippen LogP contribution in [0.15, 0.2) is 60.8 Å². The maximum Gasteiger partial charge on any atom is 0.223 e. The number of rotatable bonds is 4. The molecule has 2 aromatic carbocycles. The van der Waals surface area contributed by atoms with Crippen molar-refractivity contribution in [3.63, 3.8) is 0 Å². The Morgan fingerprint density at radius 1 is 0.963 bits per heavy atom. The lowest BCUT2D eigenvalue weighted by Gasteiger charge is -2.27. The van der Waals surface area contributed by atoms with Crippen molar-refractivity contribution in [1.29, 1.82) is 0 Å². The highest BCUT2D eigenvalue weighted by Gasteiger charge is 2.20. The number of hydrogen-bond acceptors (Lipinski definition) is 4. The Hall–Kier alpha value is -2.43. The lowest BCUT2D eigenvalue weighted by atomic mass is 9.92. The van der Waals surface area contributed by atoms with E-state index in [1.165, 1.54) is 5.56 Å². The largest absolute Gasteiger partial charge is 0.351 e. The number of anilines is 1. The molecule has 2 atom stereocenters. The van der Waals surface area contributed by atoms with Crippen LogP contribution < -0.4 is 11.1 Å². The fraction of sp³-hybridized carbons (Fsp3) is 0.273. The SMILES string of the molecule is N[C@H]1CCC[C@@H](Nc2ncc(Cl)c(-c3cccc(-c4ccccc4)c3)n2)C1. The van der Waals surface area contributed by atoms with E-state index in [4.69, 9.17) is 22.3 Å². The highest BCUT2D eigenvalue weighted by Crippen LogP contribution is 2.30. The van der Waals surface area contributed by atoms with Gasteiger partial charge < -0.3 is 11.1 Å². The number of aromatic nitrogens is 2. The Kier molecular flexibility index (Phi) is 5.37. The van der Waals surface area contributed by atoms with Gasteiger partial charge in [-0.25, -0.2) is 9.97 Å². The van der Waals surface area contributed by atoms with E-state index in [1.54, 1.807) is 6.20 Å². The third-order valence-electron chi connectivity index (χ3n) is 5.04. The first-order valence-corrected chi connectivity index (χ1v) is 9.77. The molecule has 1 aromatic heterocycles. The van der Waals surface area contributed by atoms with Crippen LogP contribution in [0.4, 0.5) is 5.95 Å². The molecular formula is C22H23ClN4. The highest BCUT2D eigenvalue weighted by atomic mass is 35.5. The van der Waals surface area contributed by atoms with Crippen molar-refractivity contribution in [2.24, 2.45) is 5.73 Å². The number of halogens is 1. The number of benzene rings is 2. The molecule has 1 fully saturated rings. The molecule has 1 aliphatic rings. The molecule has 3 N–H and O–H groups in total. The molecule has 0 amide bonds. The summed E-state index contributed by atoms with van der Waals surface area (Å²) in [5, 5.41) is 3.98. The zero-order valence-electron chi connectivity index (χ0n) is 15.1. The van der Waals surface area contributed by atoms with Gasteiger partial charge in [-0.3, -0.25) is 0 Å². The maximum absolute atomic E-state index is 6.42. The van der Waals surface area contributed by atoms with Crippen LogP contribution in [0, 0.1) is 0 Å². The summed E-state index contributed by atoms with van der Waals surface area (Å²) < 4.78 is 0. The van der Waals surface area contributed by atoms with Gasteiger partial charge in [0.25, 0.3) is 0 Å². The Bertz CT molecular complexity index is 913. The molecular weight excluding hydrogens is 356 g/mol. The second-order valence-electron chi connectivity index (χ2n) is 7.10. The molecule has 0 unspecified atom stereocenters. The van der Waals surface area contributed by atoms with Crippen LogP contribution in [0.3, 0.4) is 0 Å². The fourth-order valence-electron chi connectivity index (χ4n) is 3.66. The predicted octanol–water partition coefficient (Wildman–Crippen LogP) is 5.15. The molecule has 4 rings (SSSR count). The first-order chi connectivity index (χ1) is 13.2. The number of hydrogen-bond donors (Lipinski definition) is 2. The van der Waals surface area contributed by atoms with Gasteiger partial charge in [-0.2, -0.15) is 0 Å². The van der Waals surface area contributed by atoms with E-state index < -0.39 is 0 Å². The van der Waals surface area contributed by atoms with Crippen molar-refractivity contribution in [3.05, 3.63) is 65.8 Å². The maximum atomic E-state index is 6.42. The van der Waals surface area contributed by atoms with Crippen molar-refractivity contribution in [3.8, 4) is 22.4 Å². The molecule has 5 heteroatoms. The van der Waals surface area contributed by atoms with Crippen molar-refractivity contribution in [2.75, 3.05) is 5.32 Å². The highest BCUT2D eigenvalue weighted by molar-refractivity contribution is 6.32. The van der Waals surface area contributed by atoms with Crippen LogP contribution in [-0.2, 0) is 0 Å². The second-order valence-corrected chi connectivity index (χ2v) is 7.51. The fourth-order valence-corrected chi connectivity index (χ4v) is 3.86. The van der Waals surface area contributed by atoms with Crippen LogP contribution in [0.2, 0.25) is 5.02 Å². The summed E-state index contributed by atoms with van der Waals surface area (Å²) >= 11 is 6.42. The van der Waals surface area contributed by atoms with Crippen LogP contribution in [0.25, 0.3) is 22.4 Å². The Labute approximate surface area is 164 Å². The van der Waals surface area contributed by atoms with E-state index in [-0.39, 0.29) is 6.04 Å². The third kappa shape index (κ3) is 4.29. The van der Waals surface area contributed by atoms with Gasteiger partial charge in [0.05, 0.1) is 16.9 Å². The van der Waals surface area contributed by atoms with E-state index in [0.29, 0.717) is 17.0 Å². The summed E-state index contributed by atoms with van der Waals surface area (Å²) in [4.78, 5) is 9.07. The first kappa shape index (κ1) is 18.0. The molecule has 138 valence electrons. The average Bonchev–Trinajstić information content (AvgIpc) is 2.70. The summed E-state index contributed by atoms with van der Waals surface area (Å²) in [6.07, 6.45) is 5.95. The van der Waals surface area contributed by atoms with E-state index in [0.717, 1.165) is 42.5 Å². The van der Waals surface area contributed by atoms with E-state index in [1.807, 2.05) is 30.3 Å². The van der Waals surface area contributed by atoms with Crippen molar-refractivity contribution >= 4 is 17.5 Å². The average molecular weight is 379 g/mol. The zero-order valence-corrected chi connectivity index (χ0v) is 15.9. The summed E-state index contributed by atoms with van der Waals surface area (Å²) in [7, 11) is 0. The quantitative estimate of drug-likeness (QED) is 0.659. The molecule has 0 radical (unpaired) electrons. The molecule has 1 saturated carbocycles.